The summed E-state index contributed by atoms with van der Waals surface area (Å²) in [7, 11) is 0. The van der Waals surface area contributed by atoms with Crippen LogP contribution in [0.1, 0.15) is 26.7 Å². The number of carbonyl (C=O) groups is 2. The fraction of sp³-hybridized carbons (Fsp3) is 0.667. The van der Waals surface area contributed by atoms with Crippen LogP contribution in [0, 0.1) is 17.8 Å². The van der Waals surface area contributed by atoms with Crippen LogP contribution in [0.15, 0.2) is 0 Å². The van der Waals surface area contributed by atoms with E-state index in [9.17, 15) is 9.59 Å². The van der Waals surface area contributed by atoms with E-state index in [2.05, 4.69) is 17.2 Å². The maximum atomic E-state index is 12.1. The van der Waals surface area contributed by atoms with Gasteiger partial charge in [0.1, 0.15) is 12.1 Å². The van der Waals surface area contributed by atoms with Crippen LogP contribution in [0.4, 0.5) is 0 Å². The zero-order valence-electron chi connectivity index (χ0n) is 9.62. The van der Waals surface area contributed by atoms with Crippen molar-refractivity contribution in [3.63, 3.8) is 0 Å². The van der Waals surface area contributed by atoms with E-state index < -0.39 is 6.04 Å². The second kappa shape index (κ2) is 4.17. The summed E-state index contributed by atoms with van der Waals surface area (Å²) in [5.74, 6) is 5.92. The molecule has 2 amide bonds. The van der Waals surface area contributed by atoms with Crippen LogP contribution in [0.3, 0.4) is 0 Å². The molecule has 86 valence electrons. The lowest BCUT2D eigenvalue weighted by Crippen LogP contribution is -2.63. The van der Waals surface area contributed by atoms with E-state index in [1.165, 1.54) is 0 Å². The van der Waals surface area contributed by atoms with Crippen LogP contribution in [0.2, 0.25) is 0 Å². The van der Waals surface area contributed by atoms with Gasteiger partial charge in [0.05, 0.1) is 6.54 Å². The summed E-state index contributed by atoms with van der Waals surface area (Å²) in [6, 6.07) is -0.703. The van der Waals surface area contributed by atoms with Gasteiger partial charge in [0.25, 0.3) is 0 Å². The molecule has 0 aromatic rings. The third-order valence-corrected chi connectivity index (χ3v) is 3.21. The first-order chi connectivity index (χ1) is 7.65. The first-order valence-electron chi connectivity index (χ1n) is 5.65. The molecule has 0 aromatic carbocycles. The summed E-state index contributed by atoms with van der Waals surface area (Å²) in [5.41, 5.74) is 0. The van der Waals surface area contributed by atoms with Crippen LogP contribution >= 0.6 is 0 Å². The molecule has 16 heavy (non-hydrogen) atoms. The molecule has 4 nitrogen and oxygen atoms in total. The minimum Gasteiger partial charge on any atom is -0.342 e. The van der Waals surface area contributed by atoms with Gasteiger partial charge < -0.3 is 10.2 Å². The van der Waals surface area contributed by atoms with Crippen molar-refractivity contribution in [3.05, 3.63) is 0 Å². The molecule has 0 radical (unpaired) electrons. The highest BCUT2D eigenvalue weighted by Crippen LogP contribution is 2.34. The van der Waals surface area contributed by atoms with Gasteiger partial charge in [0.15, 0.2) is 0 Å². The number of nitrogens with one attached hydrogen (secondary N) is 1. The normalized spacial score (nSPS) is 29.5. The van der Waals surface area contributed by atoms with Gasteiger partial charge in [-0.2, -0.15) is 0 Å². The second-order valence-electron chi connectivity index (χ2n) is 4.39. The number of hydrogen-bond donors (Lipinski definition) is 1. The molecule has 1 saturated carbocycles. The third-order valence-electron chi connectivity index (χ3n) is 3.21. The van der Waals surface area contributed by atoms with Gasteiger partial charge in [-0.1, -0.05) is 5.92 Å². The maximum absolute atomic E-state index is 12.1. The number of carbonyl (C=O) groups excluding carboxylic acids is 2. The van der Waals surface area contributed by atoms with Gasteiger partial charge >= 0.3 is 0 Å². The zero-order chi connectivity index (χ0) is 11.7. The molecule has 1 aliphatic carbocycles. The van der Waals surface area contributed by atoms with E-state index in [0.29, 0.717) is 12.5 Å². The van der Waals surface area contributed by atoms with Crippen molar-refractivity contribution < 1.29 is 9.59 Å². The fourth-order valence-corrected chi connectivity index (χ4v) is 1.97. The van der Waals surface area contributed by atoms with E-state index >= 15 is 0 Å². The molecule has 2 rings (SSSR count). The maximum Gasteiger partial charge on any atom is 0.246 e. The van der Waals surface area contributed by atoms with Crippen molar-refractivity contribution in [1.82, 2.24) is 10.2 Å². The average Bonchev–Trinajstić information content (AvgIpc) is 3.07. The standard InChI is InChI=1S/C12H16N2O2/c1-3-4-7-14-8(2)11(15)13-10(12(14)16)9-5-6-9/h8-10H,5-7H2,1-2H3,(H,13,15). The predicted octanol–water partition coefficient (Wildman–Crippen LogP) is 0.135. The van der Waals surface area contributed by atoms with Crippen molar-refractivity contribution in [2.24, 2.45) is 5.92 Å². The van der Waals surface area contributed by atoms with E-state index in [1.807, 2.05) is 0 Å². The van der Waals surface area contributed by atoms with E-state index in [4.69, 9.17) is 0 Å². The van der Waals surface area contributed by atoms with Crippen molar-refractivity contribution in [1.29, 1.82) is 0 Å². The van der Waals surface area contributed by atoms with Crippen LogP contribution < -0.4 is 5.32 Å². The minimum absolute atomic E-state index is 0.0253. The molecule has 2 aliphatic rings. The van der Waals surface area contributed by atoms with Crippen molar-refractivity contribution in [2.45, 2.75) is 38.8 Å². The smallest absolute Gasteiger partial charge is 0.246 e. The summed E-state index contributed by atoms with van der Waals surface area (Å²) in [6.07, 6.45) is 2.08. The molecule has 1 N–H and O–H groups in total. The molecule has 0 aromatic heterocycles. The van der Waals surface area contributed by atoms with E-state index in [1.54, 1.807) is 18.7 Å². The lowest BCUT2D eigenvalue weighted by molar-refractivity contribution is -0.148. The lowest BCUT2D eigenvalue weighted by Gasteiger charge is -2.36. The molecular weight excluding hydrogens is 204 g/mol. The number of piperazine rings is 1. The van der Waals surface area contributed by atoms with Crippen LogP contribution in [-0.4, -0.2) is 35.3 Å². The van der Waals surface area contributed by atoms with Crippen molar-refractivity contribution >= 4 is 11.8 Å². The van der Waals surface area contributed by atoms with Gasteiger partial charge in [-0.25, -0.2) is 0 Å². The number of amides is 2. The summed E-state index contributed by atoms with van der Waals surface area (Å²) < 4.78 is 0. The molecule has 1 aliphatic heterocycles. The van der Waals surface area contributed by atoms with Crippen molar-refractivity contribution in [3.8, 4) is 11.8 Å². The van der Waals surface area contributed by atoms with Crippen LogP contribution in [0.5, 0.6) is 0 Å². The fourth-order valence-electron chi connectivity index (χ4n) is 1.97. The zero-order valence-corrected chi connectivity index (χ0v) is 9.62. The second-order valence-corrected chi connectivity index (χ2v) is 4.39. The van der Waals surface area contributed by atoms with Gasteiger partial charge in [0, 0.05) is 0 Å². The lowest BCUT2D eigenvalue weighted by atomic mass is 10.0. The molecule has 2 fully saturated rings. The molecular formula is C12H16N2O2. The summed E-state index contributed by atoms with van der Waals surface area (Å²) in [4.78, 5) is 25.4. The Labute approximate surface area is 95.4 Å². The Kier molecular flexibility index (Phi) is 2.86. The minimum atomic E-state index is -0.400. The highest BCUT2D eigenvalue weighted by atomic mass is 16.2. The van der Waals surface area contributed by atoms with Gasteiger partial charge in [-0.3, -0.25) is 9.59 Å². The Morgan fingerprint density at radius 1 is 1.44 bits per heavy atom. The van der Waals surface area contributed by atoms with Gasteiger partial charge in [-0.15, -0.1) is 5.92 Å². The Morgan fingerprint density at radius 3 is 2.69 bits per heavy atom. The van der Waals surface area contributed by atoms with Crippen molar-refractivity contribution in [2.75, 3.05) is 6.54 Å². The van der Waals surface area contributed by atoms with Gasteiger partial charge in [-0.05, 0) is 32.6 Å². The Hall–Kier alpha value is -1.50. The van der Waals surface area contributed by atoms with Gasteiger partial charge in [0.2, 0.25) is 11.8 Å². The highest BCUT2D eigenvalue weighted by Gasteiger charge is 2.45. The largest absolute Gasteiger partial charge is 0.342 e. The predicted molar refractivity (Wildman–Crippen MR) is 59.3 cm³/mol. The Morgan fingerprint density at radius 2 is 2.12 bits per heavy atom. The first-order valence-corrected chi connectivity index (χ1v) is 5.65. The SMILES string of the molecule is CC#CCN1C(=O)C(C2CC2)NC(=O)C1C. The highest BCUT2D eigenvalue weighted by molar-refractivity contribution is 5.97. The Balaban J connectivity index is 2.14. The third kappa shape index (κ3) is 1.90. The number of rotatable bonds is 2. The molecule has 2 unspecified atom stereocenters. The monoisotopic (exact) mass is 220 g/mol. The van der Waals surface area contributed by atoms with Crippen LogP contribution in [0.25, 0.3) is 0 Å². The summed E-state index contributed by atoms with van der Waals surface area (Å²) >= 11 is 0. The van der Waals surface area contributed by atoms with E-state index in [-0.39, 0.29) is 17.9 Å². The van der Waals surface area contributed by atoms with Crippen LogP contribution in [-0.2, 0) is 9.59 Å². The molecule has 0 bridgehead atoms. The number of hydrogen-bond acceptors (Lipinski definition) is 2. The summed E-state index contributed by atoms with van der Waals surface area (Å²) in [5, 5.41) is 2.81. The Bertz CT molecular complexity index is 376. The van der Waals surface area contributed by atoms with E-state index in [0.717, 1.165) is 12.8 Å². The molecule has 4 heteroatoms. The molecule has 1 saturated heterocycles. The first kappa shape index (κ1) is 11.0. The quantitative estimate of drug-likeness (QED) is 0.673. The number of nitrogens with zero attached hydrogens (tertiary/aromatic N) is 1. The molecule has 1 heterocycles. The topological polar surface area (TPSA) is 49.4 Å². The molecule has 2 atom stereocenters. The average molecular weight is 220 g/mol. The molecule has 0 spiro atoms. The summed E-state index contributed by atoms with van der Waals surface area (Å²) in [6.45, 7) is 3.83.